The van der Waals surface area contributed by atoms with Crippen LogP contribution in [-0.4, -0.2) is 41.3 Å². The van der Waals surface area contributed by atoms with E-state index in [1.54, 1.807) is 30.3 Å². The Hall–Kier alpha value is -2.23. The molecule has 0 fully saturated rings. The van der Waals surface area contributed by atoms with Gasteiger partial charge >= 0.3 is 6.18 Å². The number of hydrogen-bond acceptors (Lipinski definition) is 4. The van der Waals surface area contributed by atoms with Crippen LogP contribution in [-0.2, 0) is 20.8 Å². The number of Topliss-reactive ketones (excluding diaryl/α,β-unsaturated/α-hetero) is 1. The van der Waals surface area contributed by atoms with Gasteiger partial charge in [-0.15, -0.1) is 0 Å². The summed E-state index contributed by atoms with van der Waals surface area (Å²) in [6, 6.07) is 12.2. The smallest absolute Gasteiger partial charge is 0.368 e. The number of halogens is 5. The van der Waals surface area contributed by atoms with Crippen molar-refractivity contribution in [2.45, 2.75) is 31.5 Å². The Balaban J connectivity index is 2.19. The van der Waals surface area contributed by atoms with E-state index in [1.807, 2.05) is 0 Å². The van der Waals surface area contributed by atoms with Gasteiger partial charge in [-0.2, -0.15) is 24.9 Å². The fraction of sp³-hybridized carbons (Fsp3) is 0.318. The monoisotopic (exact) mass is 520 g/mol. The number of primary amides is 1. The molecule has 0 aliphatic rings. The Morgan fingerprint density at radius 1 is 1.03 bits per heavy atom. The minimum absolute atomic E-state index is 0.0242. The summed E-state index contributed by atoms with van der Waals surface area (Å²) in [5.41, 5.74) is 6.58. The Kier molecular flexibility index (Phi) is 10.1. The van der Waals surface area contributed by atoms with Crippen molar-refractivity contribution in [3.8, 4) is 0 Å². The predicted molar refractivity (Wildman–Crippen MR) is 125 cm³/mol. The molecule has 33 heavy (non-hydrogen) atoms. The van der Waals surface area contributed by atoms with Gasteiger partial charge < -0.3 is 5.73 Å². The zero-order valence-electron chi connectivity index (χ0n) is 17.3. The van der Waals surface area contributed by atoms with Gasteiger partial charge in [0.2, 0.25) is 17.6 Å². The fourth-order valence-electron chi connectivity index (χ4n) is 3.06. The standard InChI is InChI=1S/C22H21Cl2F3N2O3S/c23-15-10-16(24)12-17(11-15)29(20(31)9-14-5-2-1-3-6-14)18(21(28)32)7-4-8-33-13-19(30)22(25,26)27/h1-3,5-6,10-12,18H,4,7-9,13H2,(H2,28,32)/t18-/m0/s1. The van der Waals surface area contributed by atoms with Crippen molar-refractivity contribution in [2.24, 2.45) is 5.73 Å². The van der Waals surface area contributed by atoms with Crippen molar-refractivity contribution in [3.63, 3.8) is 0 Å². The molecule has 2 aromatic rings. The number of rotatable bonds is 11. The van der Waals surface area contributed by atoms with Gasteiger partial charge in [0.1, 0.15) is 6.04 Å². The highest BCUT2D eigenvalue weighted by Gasteiger charge is 2.37. The van der Waals surface area contributed by atoms with Crippen LogP contribution in [0.1, 0.15) is 18.4 Å². The maximum atomic E-state index is 13.2. The molecule has 1 atom stereocenters. The van der Waals surface area contributed by atoms with E-state index in [9.17, 15) is 27.6 Å². The number of hydrogen-bond donors (Lipinski definition) is 1. The molecular weight excluding hydrogens is 500 g/mol. The third-order valence-corrected chi connectivity index (χ3v) is 6.03. The number of anilines is 1. The highest BCUT2D eigenvalue weighted by Crippen LogP contribution is 2.29. The van der Waals surface area contributed by atoms with E-state index in [-0.39, 0.29) is 40.7 Å². The van der Waals surface area contributed by atoms with Crippen molar-refractivity contribution in [1.82, 2.24) is 0 Å². The average Bonchev–Trinajstić information content (AvgIpc) is 2.71. The topological polar surface area (TPSA) is 80.5 Å². The van der Waals surface area contributed by atoms with Crippen molar-refractivity contribution < 1.29 is 27.6 Å². The van der Waals surface area contributed by atoms with Crippen LogP contribution in [0.5, 0.6) is 0 Å². The van der Waals surface area contributed by atoms with Crippen LogP contribution in [0, 0.1) is 0 Å². The summed E-state index contributed by atoms with van der Waals surface area (Å²) in [5.74, 6) is -3.59. The van der Waals surface area contributed by atoms with Gasteiger partial charge in [0.05, 0.1) is 12.2 Å². The first-order valence-electron chi connectivity index (χ1n) is 9.78. The molecule has 0 heterocycles. The molecule has 0 aliphatic carbocycles. The molecule has 2 amide bonds. The van der Waals surface area contributed by atoms with Crippen molar-refractivity contribution in [1.29, 1.82) is 0 Å². The minimum atomic E-state index is -4.88. The highest BCUT2D eigenvalue weighted by molar-refractivity contribution is 7.99. The van der Waals surface area contributed by atoms with Crippen molar-refractivity contribution >= 4 is 58.2 Å². The fourth-order valence-corrected chi connectivity index (χ4v) is 4.43. The summed E-state index contributed by atoms with van der Waals surface area (Å²) < 4.78 is 37.0. The first-order chi connectivity index (χ1) is 15.5. The second-order valence-corrected chi connectivity index (χ2v) is 9.07. The van der Waals surface area contributed by atoms with Crippen LogP contribution in [0.4, 0.5) is 18.9 Å². The van der Waals surface area contributed by atoms with Gasteiger partial charge in [0, 0.05) is 15.7 Å². The van der Waals surface area contributed by atoms with Crippen LogP contribution in [0.15, 0.2) is 48.5 Å². The van der Waals surface area contributed by atoms with E-state index >= 15 is 0 Å². The molecule has 0 saturated carbocycles. The lowest BCUT2D eigenvalue weighted by Gasteiger charge is -2.30. The summed E-state index contributed by atoms with van der Waals surface area (Å²) in [4.78, 5) is 37.7. The maximum Gasteiger partial charge on any atom is 0.450 e. The third-order valence-electron chi connectivity index (χ3n) is 4.55. The lowest BCUT2D eigenvalue weighted by Crippen LogP contribution is -2.49. The second kappa shape index (κ2) is 12.3. The Morgan fingerprint density at radius 2 is 1.64 bits per heavy atom. The highest BCUT2D eigenvalue weighted by atomic mass is 35.5. The second-order valence-electron chi connectivity index (χ2n) is 7.09. The van der Waals surface area contributed by atoms with Crippen molar-refractivity contribution in [2.75, 3.05) is 16.4 Å². The van der Waals surface area contributed by atoms with Gasteiger partial charge in [0.15, 0.2) is 0 Å². The van der Waals surface area contributed by atoms with E-state index in [0.717, 1.165) is 11.8 Å². The Morgan fingerprint density at radius 3 is 2.18 bits per heavy atom. The van der Waals surface area contributed by atoms with Crippen LogP contribution in [0.25, 0.3) is 0 Å². The molecule has 0 bridgehead atoms. The molecule has 0 unspecified atom stereocenters. The molecule has 178 valence electrons. The molecule has 0 saturated heterocycles. The van der Waals surface area contributed by atoms with E-state index < -0.39 is 35.6 Å². The van der Waals surface area contributed by atoms with Gasteiger partial charge in [-0.05, 0) is 42.4 Å². The molecule has 0 aliphatic heterocycles. The largest absolute Gasteiger partial charge is 0.450 e. The summed E-state index contributed by atoms with van der Waals surface area (Å²) >= 11 is 13.0. The molecule has 11 heteroatoms. The number of thioether (sulfide) groups is 1. The molecule has 2 aromatic carbocycles. The van der Waals surface area contributed by atoms with E-state index in [0.29, 0.717) is 5.56 Å². The summed E-state index contributed by atoms with van der Waals surface area (Å²) in [6.07, 6.45) is -4.58. The summed E-state index contributed by atoms with van der Waals surface area (Å²) in [6.45, 7) is 0. The molecule has 0 radical (unpaired) electrons. The van der Waals surface area contributed by atoms with Crippen molar-refractivity contribution in [3.05, 3.63) is 64.1 Å². The molecule has 5 nitrogen and oxygen atoms in total. The van der Waals surface area contributed by atoms with Crippen LogP contribution >= 0.6 is 35.0 Å². The maximum absolute atomic E-state index is 13.2. The number of amides is 2. The van der Waals surface area contributed by atoms with Gasteiger partial charge in [-0.1, -0.05) is 53.5 Å². The number of ketones is 1. The summed E-state index contributed by atoms with van der Waals surface area (Å²) in [5, 5.41) is 0.499. The molecule has 2 rings (SSSR count). The number of carbonyl (C=O) groups is 3. The zero-order valence-corrected chi connectivity index (χ0v) is 19.6. The van der Waals surface area contributed by atoms with Crippen LogP contribution in [0.3, 0.4) is 0 Å². The summed E-state index contributed by atoms with van der Waals surface area (Å²) in [7, 11) is 0. The third kappa shape index (κ3) is 8.57. The van der Waals surface area contributed by atoms with E-state index in [2.05, 4.69) is 0 Å². The quantitative estimate of drug-likeness (QED) is 0.419. The number of alkyl halides is 3. The zero-order chi connectivity index (χ0) is 24.6. The molecular formula is C22H21Cl2F3N2O3S. The SMILES string of the molecule is NC(=O)[C@H](CCCSCC(=O)C(F)(F)F)N(C(=O)Cc1ccccc1)c1cc(Cl)cc(Cl)c1. The average molecular weight is 521 g/mol. The lowest BCUT2D eigenvalue weighted by molar-refractivity contribution is -0.167. The molecule has 0 spiro atoms. The lowest BCUT2D eigenvalue weighted by atomic mass is 10.1. The molecule has 0 aromatic heterocycles. The minimum Gasteiger partial charge on any atom is -0.368 e. The van der Waals surface area contributed by atoms with Crippen LogP contribution in [0.2, 0.25) is 10.0 Å². The number of benzene rings is 2. The first kappa shape index (κ1) is 27.0. The van der Waals surface area contributed by atoms with Gasteiger partial charge in [-0.25, -0.2) is 0 Å². The predicted octanol–water partition coefficient (Wildman–Crippen LogP) is 5.07. The van der Waals surface area contributed by atoms with E-state index in [4.69, 9.17) is 28.9 Å². The number of nitrogens with zero attached hydrogens (tertiary/aromatic N) is 1. The number of nitrogens with two attached hydrogens (primary N) is 1. The Bertz CT molecular complexity index is 970. The Labute approximate surface area is 203 Å². The van der Waals surface area contributed by atoms with Gasteiger partial charge in [0.25, 0.3) is 0 Å². The molecule has 2 N–H and O–H groups in total. The normalized spacial score (nSPS) is 12.3. The van der Waals surface area contributed by atoms with E-state index in [1.165, 1.54) is 23.1 Å². The van der Waals surface area contributed by atoms with Crippen LogP contribution < -0.4 is 10.6 Å². The van der Waals surface area contributed by atoms with Gasteiger partial charge in [-0.3, -0.25) is 19.3 Å². The number of carbonyl (C=O) groups excluding carboxylic acids is 3. The first-order valence-corrected chi connectivity index (χ1v) is 11.7.